The summed E-state index contributed by atoms with van der Waals surface area (Å²) in [4.78, 5) is 8.86. The minimum absolute atomic E-state index is 0.0464. The Hall–Kier alpha value is -1.47. The highest BCUT2D eigenvalue weighted by atomic mass is 79.9. The molecule has 0 aliphatic rings. The monoisotopic (exact) mass is 325 g/mol. The van der Waals surface area contributed by atoms with Crippen LogP contribution in [0.2, 0.25) is 0 Å². The molecule has 7 heteroatoms. The van der Waals surface area contributed by atoms with Crippen molar-refractivity contribution in [3.8, 4) is 5.95 Å². The molecule has 0 atom stereocenters. The molecule has 0 bridgehead atoms. The van der Waals surface area contributed by atoms with Gasteiger partial charge in [0.25, 0.3) is 5.95 Å². The van der Waals surface area contributed by atoms with E-state index in [0.29, 0.717) is 18.3 Å². The number of aliphatic hydroxyl groups is 1. The molecule has 0 amide bonds. The van der Waals surface area contributed by atoms with Crippen LogP contribution in [0, 0.1) is 20.8 Å². The molecule has 2 N–H and O–H groups in total. The standard InChI is InChI=1S/C12H16BrN5O/c1-7-6-8(2)18(17-7)12-15-9(3)10(13)11(16-12)14-4-5-19/h6,19H,4-5H2,1-3H3,(H,14,15,16). The van der Waals surface area contributed by atoms with E-state index in [1.54, 1.807) is 4.68 Å². The van der Waals surface area contributed by atoms with Gasteiger partial charge in [-0.15, -0.1) is 0 Å². The van der Waals surface area contributed by atoms with Gasteiger partial charge in [0.2, 0.25) is 0 Å². The highest BCUT2D eigenvalue weighted by Crippen LogP contribution is 2.24. The van der Waals surface area contributed by atoms with Crippen LogP contribution in [0.4, 0.5) is 5.82 Å². The molecule has 6 nitrogen and oxygen atoms in total. The molecule has 0 unspecified atom stereocenters. The van der Waals surface area contributed by atoms with Gasteiger partial charge in [-0.1, -0.05) is 0 Å². The molecular formula is C12H16BrN5O. The summed E-state index contributed by atoms with van der Waals surface area (Å²) in [7, 11) is 0. The van der Waals surface area contributed by atoms with E-state index in [-0.39, 0.29) is 6.61 Å². The smallest absolute Gasteiger partial charge is 0.253 e. The lowest BCUT2D eigenvalue weighted by Gasteiger charge is -2.11. The Labute approximate surface area is 120 Å². The van der Waals surface area contributed by atoms with Crippen LogP contribution < -0.4 is 5.32 Å². The third-order valence-corrected chi connectivity index (χ3v) is 3.56. The topological polar surface area (TPSA) is 75.9 Å². The highest BCUT2D eigenvalue weighted by molar-refractivity contribution is 9.10. The van der Waals surface area contributed by atoms with E-state index in [9.17, 15) is 0 Å². The number of nitrogens with one attached hydrogen (secondary N) is 1. The van der Waals surface area contributed by atoms with Crippen LogP contribution in [0.3, 0.4) is 0 Å². The molecule has 0 saturated heterocycles. The number of aryl methyl sites for hydroxylation is 3. The maximum atomic E-state index is 8.88. The van der Waals surface area contributed by atoms with Crippen LogP contribution in [0.1, 0.15) is 17.1 Å². The van der Waals surface area contributed by atoms with Crippen LogP contribution in [0.15, 0.2) is 10.5 Å². The fourth-order valence-electron chi connectivity index (χ4n) is 1.76. The molecule has 2 aromatic heterocycles. The van der Waals surface area contributed by atoms with Gasteiger partial charge in [-0.05, 0) is 42.8 Å². The number of hydrogen-bond donors (Lipinski definition) is 2. The van der Waals surface area contributed by atoms with Gasteiger partial charge in [-0.2, -0.15) is 10.1 Å². The first-order valence-electron chi connectivity index (χ1n) is 5.95. The third kappa shape index (κ3) is 2.93. The molecule has 0 aromatic carbocycles. The number of aromatic nitrogens is 4. The van der Waals surface area contributed by atoms with Crippen molar-refractivity contribution >= 4 is 21.7 Å². The molecule has 2 aromatic rings. The molecule has 0 radical (unpaired) electrons. The van der Waals surface area contributed by atoms with E-state index in [0.717, 1.165) is 21.6 Å². The van der Waals surface area contributed by atoms with Gasteiger partial charge in [-0.3, -0.25) is 0 Å². The summed E-state index contributed by atoms with van der Waals surface area (Å²) in [6.45, 7) is 6.27. The van der Waals surface area contributed by atoms with Crippen molar-refractivity contribution in [1.29, 1.82) is 0 Å². The molecule has 0 spiro atoms. The number of halogens is 1. The fraction of sp³-hybridized carbons (Fsp3) is 0.417. The molecule has 0 aliphatic heterocycles. The zero-order chi connectivity index (χ0) is 14.0. The van der Waals surface area contributed by atoms with Crippen LogP contribution >= 0.6 is 15.9 Å². The van der Waals surface area contributed by atoms with Gasteiger partial charge >= 0.3 is 0 Å². The summed E-state index contributed by atoms with van der Waals surface area (Å²) < 4.78 is 2.50. The highest BCUT2D eigenvalue weighted by Gasteiger charge is 2.12. The van der Waals surface area contributed by atoms with Crippen molar-refractivity contribution in [1.82, 2.24) is 19.7 Å². The lowest BCUT2D eigenvalue weighted by atomic mass is 10.4. The first kappa shape index (κ1) is 14.0. The van der Waals surface area contributed by atoms with Gasteiger partial charge < -0.3 is 10.4 Å². The third-order valence-electron chi connectivity index (χ3n) is 2.61. The molecule has 2 rings (SSSR count). The number of anilines is 1. The molecule has 19 heavy (non-hydrogen) atoms. The summed E-state index contributed by atoms with van der Waals surface area (Å²) in [5, 5.41) is 16.3. The summed E-state index contributed by atoms with van der Waals surface area (Å²) in [6, 6.07) is 1.97. The first-order chi connectivity index (χ1) is 9.02. The van der Waals surface area contributed by atoms with Crippen molar-refractivity contribution in [3.05, 3.63) is 27.6 Å². The first-order valence-corrected chi connectivity index (χ1v) is 6.74. The van der Waals surface area contributed by atoms with E-state index < -0.39 is 0 Å². The van der Waals surface area contributed by atoms with Crippen LogP contribution in [0.5, 0.6) is 0 Å². The number of aliphatic hydroxyl groups excluding tert-OH is 1. The second-order valence-electron chi connectivity index (χ2n) is 4.26. The van der Waals surface area contributed by atoms with E-state index >= 15 is 0 Å². The van der Waals surface area contributed by atoms with E-state index in [2.05, 4.69) is 36.3 Å². The minimum atomic E-state index is 0.0464. The Balaban J connectivity index is 2.47. The summed E-state index contributed by atoms with van der Waals surface area (Å²) in [5.74, 6) is 1.18. The van der Waals surface area contributed by atoms with Crippen molar-refractivity contribution < 1.29 is 5.11 Å². The fourth-order valence-corrected chi connectivity index (χ4v) is 2.08. The normalized spacial score (nSPS) is 10.8. The van der Waals surface area contributed by atoms with Crippen molar-refractivity contribution in [2.75, 3.05) is 18.5 Å². The van der Waals surface area contributed by atoms with E-state index in [1.807, 2.05) is 26.8 Å². The summed E-state index contributed by atoms with van der Waals surface area (Å²) in [6.07, 6.45) is 0. The maximum Gasteiger partial charge on any atom is 0.253 e. The summed E-state index contributed by atoms with van der Waals surface area (Å²) >= 11 is 3.44. The van der Waals surface area contributed by atoms with Gasteiger partial charge in [0, 0.05) is 12.2 Å². The predicted molar refractivity (Wildman–Crippen MR) is 76.6 cm³/mol. The van der Waals surface area contributed by atoms with Gasteiger partial charge in [0.1, 0.15) is 5.82 Å². The Morgan fingerprint density at radius 2 is 2.05 bits per heavy atom. The SMILES string of the molecule is Cc1cc(C)n(-c2nc(C)c(Br)c(NCCO)n2)n1. The second kappa shape index (κ2) is 5.66. The number of rotatable bonds is 4. The summed E-state index contributed by atoms with van der Waals surface area (Å²) in [5.41, 5.74) is 2.72. The maximum absolute atomic E-state index is 8.88. The average molecular weight is 326 g/mol. The lowest BCUT2D eigenvalue weighted by molar-refractivity contribution is 0.311. The molecule has 102 valence electrons. The predicted octanol–water partition coefficient (Wildman–Crippen LogP) is 1.75. The van der Waals surface area contributed by atoms with Crippen molar-refractivity contribution in [2.24, 2.45) is 0 Å². The van der Waals surface area contributed by atoms with Gasteiger partial charge in [0.15, 0.2) is 0 Å². The van der Waals surface area contributed by atoms with E-state index in [4.69, 9.17) is 5.11 Å². The number of nitrogens with zero attached hydrogens (tertiary/aromatic N) is 4. The van der Waals surface area contributed by atoms with Crippen LogP contribution in [0.25, 0.3) is 5.95 Å². The van der Waals surface area contributed by atoms with Gasteiger partial charge in [-0.25, -0.2) is 9.67 Å². The second-order valence-corrected chi connectivity index (χ2v) is 5.05. The zero-order valence-corrected chi connectivity index (χ0v) is 12.7. The lowest BCUT2D eigenvalue weighted by Crippen LogP contribution is -2.12. The zero-order valence-electron chi connectivity index (χ0n) is 11.1. The Kier molecular flexibility index (Phi) is 4.16. The Morgan fingerprint density at radius 1 is 1.32 bits per heavy atom. The quantitative estimate of drug-likeness (QED) is 0.895. The molecular weight excluding hydrogens is 310 g/mol. The van der Waals surface area contributed by atoms with Crippen molar-refractivity contribution in [3.63, 3.8) is 0 Å². The minimum Gasteiger partial charge on any atom is -0.395 e. The molecule has 0 saturated carbocycles. The van der Waals surface area contributed by atoms with Crippen molar-refractivity contribution in [2.45, 2.75) is 20.8 Å². The molecule has 0 fully saturated rings. The van der Waals surface area contributed by atoms with Crippen LogP contribution in [-0.2, 0) is 0 Å². The average Bonchev–Trinajstić information content (AvgIpc) is 2.70. The Bertz CT molecular complexity index is 596. The van der Waals surface area contributed by atoms with Gasteiger partial charge in [0.05, 0.1) is 22.5 Å². The largest absolute Gasteiger partial charge is 0.395 e. The number of hydrogen-bond acceptors (Lipinski definition) is 5. The van der Waals surface area contributed by atoms with Crippen LogP contribution in [-0.4, -0.2) is 38.0 Å². The van der Waals surface area contributed by atoms with E-state index in [1.165, 1.54) is 0 Å². The molecule has 2 heterocycles. The Morgan fingerprint density at radius 3 is 2.63 bits per heavy atom. The molecule has 0 aliphatic carbocycles.